The molecule has 0 spiro atoms. The van der Waals surface area contributed by atoms with E-state index in [9.17, 15) is 27.5 Å². The lowest BCUT2D eigenvalue weighted by atomic mass is 9.85. The van der Waals surface area contributed by atoms with E-state index in [1.165, 1.54) is 23.1 Å². The predicted octanol–water partition coefficient (Wildman–Crippen LogP) is 1.70. The average molecular weight is 536 g/mol. The molecule has 10 nitrogen and oxygen atoms in total. The number of rotatable bonds is 8. The molecule has 1 saturated carbocycles. The van der Waals surface area contributed by atoms with Crippen molar-refractivity contribution in [2.24, 2.45) is 5.41 Å². The maximum absolute atomic E-state index is 13.9. The number of nitrogens with one attached hydrogen (secondary N) is 1. The maximum atomic E-state index is 13.9. The average Bonchev–Trinajstić information content (AvgIpc) is 3.39. The summed E-state index contributed by atoms with van der Waals surface area (Å²) in [5.74, 6) is -1.34. The topological polar surface area (TPSA) is 134 Å². The van der Waals surface area contributed by atoms with Gasteiger partial charge in [0.05, 0.1) is 17.6 Å². The van der Waals surface area contributed by atoms with Gasteiger partial charge in [0, 0.05) is 37.9 Å². The van der Waals surface area contributed by atoms with E-state index >= 15 is 0 Å². The van der Waals surface area contributed by atoms with Crippen molar-refractivity contribution in [2.45, 2.75) is 76.4 Å². The van der Waals surface area contributed by atoms with Gasteiger partial charge in [-0.15, -0.1) is 5.10 Å². The van der Waals surface area contributed by atoms with E-state index in [1.54, 1.807) is 10.9 Å². The molecule has 2 N–H and O–H groups in total. The zero-order chi connectivity index (χ0) is 27.1. The Hall–Kier alpha value is -2.86. The monoisotopic (exact) mass is 535 g/mol. The summed E-state index contributed by atoms with van der Waals surface area (Å²) in [6, 6.07) is 2.06. The molecule has 12 heteroatoms. The van der Waals surface area contributed by atoms with Gasteiger partial charge >= 0.3 is 0 Å². The van der Waals surface area contributed by atoms with Crippen molar-refractivity contribution in [2.75, 3.05) is 12.8 Å². The number of β-amino-alcohol motifs (C(OH)–C–C–N with tert-alkyl or cyclic N) is 1. The second kappa shape index (κ2) is 10.1. The molecule has 1 aliphatic heterocycles. The summed E-state index contributed by atoms with van der Waals surface area (Å²) in [5, 5.41) is 21.5. The van der Waals surface area contributed by atoms with Gasteiger partial charge in [-0.2, -0.15) is 0 Å². The lowest BCUT2D eigenvalue weighted by molar-refractivity contribution is -0.144. The molecule has 1 saturated heterocycles. The van der Waals surface area contributed by atoms with Crippen LogP contribution in [0.5, 0.6) is 0 Å². The lowest BCUT2D eigenvalue weighted by Crippen LogP contribution is -2.50. The molecule has 1 aliphatic carbocycles. The van der Waals surface area contributed by atoms with Gasteiger partial charge < -0.3 is 15.3 Å². The third kappa shape index (κ3) is 6.53. The minimum atomic E-state index is -3.38. The van der Waals surface area contributed by atoms with E-state index in [0.717, 1.165) is 24.8 Å². The van der Waals surface area contributed by atoms with Crippen LogP contribution in [-0.4, -0.2) is 70.2 Å². The minimum Gasteiger partial charge on any atom is -0.391 e. The highest BCUT2D eigenvalue weighted by atomic mass is 32.2. The highest BCUT2D eigenvalue weighted by Gasteiger charge is 2.45. The fourth-order valence-electron chi connectivity index (χ4n) is 4.81. The largest absolute Gasteiger partial charge is 0.391 e. The summed E-state index contributed by atoms with van der Waals surface area (Å²) in [7, 11) is -3.38. The molecule has 2 heterocycles. The van der Waals surface area contributed by atoms with Crippen LogP contribution in [0.2, 0.25) is 0 Å². The summed E-state index contributed by atoms with van der Waals surface area (Å²) in [4.78, 5) is 28.4. The molecule has 3 atom stereocenters. The molecule has 0 unspecified atom stereocenters. The SMILES string of the molecule is CC(C)(C)[C@@H](C(=O)N1C[C@H](O)C[C@H]1C(=O)NCc1cc(F)ccc1CS(C)(=O)=O)n1cc(C2CC2)nn1. The van der Waals surface area contributed by atoms with Crippen LogP contribution in [0.25, 0.3) is 0 Å². The van der Waals surface area contributed by atoms with Gasteiger partial charge in [-0.3, -0.25) is 9.59 Å². The molecular weight excluding hydrogens is 501 g/mol. The summed E-state index contributed by atoms with van der Waals surface area (Å²) in [5.41, 5.74) is 1.01. The standard InChI is InChI=1S/C25H34FN5O5S/c1-25(2,3)22(31-13-20(28-29-31)15-5-6-15)24(34)30-12-19(32)10-21(30)23(33)27-11-17-9-18(26)8-7-16(17)14-37(4,35)36/h7-9,13,15,19,21-22,32H,5-6,10-12,14H2,1-4H3,(H,27,33)/t19-,21+,22-/m1/s1. The number of carbonyl (C=O) groups is 2. The Bertz CT molecular complexity index is 1280. The number of amides is 2. The van der Waals surface area contributed by atoms with E-state index < -0.39 is 45.2 Å². The number of carbonyl (C=O) groups excluding carboxylic acids is 2. The number of likely N-dealkylation sites (tertiary alicyclic amines) is 1. The highest BCUT2D eigenvalue weighted by Crippen LogP contribution is 2.40. The summed E-state index contributed by atoms with van der Waals surface area (Å²) in [6.45, 7) is 5.59. The van der Waals surface area contributed by atoms with Gasteiger partial charge in [0.1, 0.15) is 17.9 Å². The van der Waals surface area contributed by atoms with Gasteiger partial charge in [0.25, 0.3) is 0 Å². The second-order valence-corrected chi connectivity index (χ2v) is 13.4. The zero-order valence-corrected chi connectivity index (χ0v) is 22.3. The number of aliphatic hydroxyl groups excluding tert-OH is 1. The van der Waals surface area contributed by atoms with Crippen LogP contribution in [0.1, 0.15) is 68.8 Å². The summed E-state index contributed by atoms with van der Waals surface area (Å²) in [6.07, 6.45) is 4.14. The molecule has 2 aliphatic rings. The van der Waals surface area contributed by atoms with Gasteiger partial charge in [-0.25, -0.2) is 17.5 Å². The minimum absolute atomic E-state index is 0.00697. The smallest absolute Gasteiger partial charge is 0.248 e. The van der Waals surface area contributed by atoms with Crippen molar-refractivity contribution in [3.63, 3.8) is 0 Å². The quantitative estimate of drug-likeness (QED) is 0.525. The van der Waals surface area contributed by atoms with Crippen molar-refractivity contribution >= 4 is 21.7 Å². The van der Waals surface area contributed by atoms with E-state index in [-0.39, 0.29) is 31.2 Å². The molecule has 4 rings (SSSR count). The first-order valence-electron chi connectivity index (χ1n) is 12.4. The molecule has 2 aromatic rings. The van der Waals surface area contributed by atoms with Crippen LogP contribution < -0.4 is 5.32 Å². The Labute approximate surface area is 216 Å². The number of halogens is 1. The molecule has 2 fully saturated rings. The number of sulfone groups is 1. The predicted molar refractivity (Wildman–Crippen MR) is 133 cm³/mol. The second-order valence-electron chi connectivity index (χ2n) is 11.3. The van der Waals surface area contributed by atoms with Crippen molar-refractivity contribution < 1.29 is 27.5 Å². The highest BCUT2D eigenvalue weighted by molar-refractivity contribution is 7.89. The van der Waals surface area contributed by atoms with Gasteiger partial charge in [0.15, 0.2) is 9.84 Å². The number of benzene rings is 1. The van der Waals surface area contributed by atoms with Crippen LogP contribution in [0, 0.1) is 11.2 Å². The number of aliphatic hydroxyl groups is 1. The first-order chi connectivity index (χ1) is 17.2. The van der Waals surface area contributed by atoms with Crippen molar-refractivity contribution in [3.8, 4) is 0 Å². The molecule has 0 radical (unpaired) electrons. The van der Waals surface area contributed by atoms with Crippen LogP contribution in [0.4, 0.5) is 4.39 Å². The van der Waals surface area contributed by atoms with E-state index in [2.05, 4.69) is 15.6 Å². The Kier molecular flexibility index (Phi) is 7.44. The Morgan fingerprint density at radius 2 is 1.95 bits per heavy atom. The zero-order valence-electron chi connectivity index (χ0n) is 21.5. The third-order valence-electron chi connectivity index (χ3n) is 6.75. The van der Waals surface area contributed by atoms with Crippen LogP contribution in [0.3, 0.4) is 0 Å². The molecule has 1 aromatic heterocycles. The molecule has 1 aromatic carbocycles. The number of hydrogen-bond acceptors (Lipinski definition) is 7. The Morgan fingerprint density at radius 3 is 2.57 bits per heavy atom. The molecular formula is C25H34FN5O5S. The lowest BCUT2D eigenvalue weighted by Gasteiger charge is -2.34. The summed E-state index contributed by atoms with van der Waals surface area (Å²) < 4.78 is 39.0. The first-order valence-corrected chi connectivity index (χ1v) is 14.4. The van der Waals surface area contributed by atoms with Gasteiger partial charge in [-0.05, 0) is 41.5 Å². The van der Waals surface area contributed by atoms with Crippen molar-refractivity contribution in [1.29, 1.82) is 0 Å². The molecule has 2 amide bonds. The van der Waals surface area contributed by atoms with E-state index in [1.807, 2.05) is 20.8 Å². The Balaban J connectivity index is 1.52. The normalized spacial score (nSPS) is 21.2. The summed E-state index contributed by atoms with van der Waals surface area (Å²) >= 11 is 0. The first kappa shape index (κ1) is 27.2. The van der Waals surface area contributed by atoms with Gasteiger partial charge in [-0.1, -0.05) is 32.1 Å². The van der Waals surface area contributed by atoms with E-state index in [0.29, 0.717) is 17.0 Å². The van der Waals surface area contributed by atoms with Crippen LogP contribution >= 0.6 is 0 Å². The number of hydrogen-bond donors (Lipinski definition) is 2. The fraction of sp³-hybridized carbons (Fsp3) is 0.600. The van der Waals surface area contributed by atoms with Gasteiger partial charge in [0.2, 0.25) is 11.8 Å². The van der Waals surface area contributed by atoms with Crippen LogP contribution in [0.15, 0.2) is 24.4 Å². The van der Waals surface area contributed by atoms with Crippen molar-refractivity contribution in [3.05, 3.63) is 47.0 Å². The molecule has 202 valence electrons. The van der Waals surface area contributed by atoms with Crippen LogP contribution in [-0.2, 0) is 31.7 Å². The maximum Gasteiger partial charge on any atom is 0.248 e. The molecule has 0 bridgehead atoms. The van der Waals surface area contributed by atoms with E-state index in [4.69, 9.17) is 0 Å². The number of nitrogens with zero attached hydrogens (tertiary/aromatic N) is 4. The third-order valence-corrected chi connectivity index (χ3v) is 7.58. The Morgan fingerprint density at radius 1 is 1.24 bits per heavy atom. The van der Waals surface area contributed by atoms with Crippen molar-refractivity contribution in [1.82, 2.24) is 25.2 Å². The molecule has 37 heavy (non-hydrogen) atoms. The number of aromatic nitrogens is 3. The fourth-order valence-corrected chi connectivity index (χ4v) is 5.66.